The molecule has 6 nitrogen and oxygen atoms in total. The van der Waals surface area contributed by atoms with Gasteiger partial charge >= 0.3 is 5.97 Å². The lowest BCUT2D eigenvalue weighted by Crippen LogP contribution is -2.45. The van der Waals surface area contributed by atoms with Crippen molar-refractivity contribution in [3.8, 4) is 0 Å². The van der Waals surface area contributed by atoms with Crippen molar-refractivity contribution in [1.29, 1.82) is 0 Å². The fourth-order valence-corrected chi connectivity index (χ4v) is 13.6. The lowest BCUT2D eigenvalue weighted by Gasteiger charge is -2.22. The minimum atomic E-state index is -0.663. The predicted molar refractivity (Wildman–Crippen MR) is 416 cm³/mol. The highest BCUT2D eigenvalue weighted by Crippen LogP contribution is 2.20. The number of ether oxygens (including phenoxy) is 1. The molecule has 3 N–H and O–H groups in total. The van der Waals surface area contributed by atoms with E-state index in [0.29, 0.717) is 25.9 Å². The molecule has 0 aliphatic heterocycles. The molecule has 0 spiro atoms. The van der Waals surface area contributed by atoms with Gasteiger partial charge in [0.2, 0.25) is 5.91 Å². The molecule has 2 unspecified atom stereocenters. The van der Waals surface area contributed by atoms with Crippen LogP contribution in [0, 0.1) is 0 Å². The molecule has 2 atom stereocenters. The van der Waals surface area contributed by atoms with Crippen molar-refractivity contribution >= 4 is 11.9 Å². The molecular formula is C88H167NO5. The van der Waals surface area contributed by atoms with E-state index in [0.717, 1.165) is 57.8 Å². The molecule has 0 radical (unpaired) electrons. The van der Waals surface area contributed by atoms with Crippen molar-refractivity contribution in [2.45, 2.75) is 488 Å². The quantitative estimate of drug-likeness (QED) is 0.0320. The lowest BCUT2D eigenvalue weighted by molar-refractivity contribution is -0.143. The van der Waals surface area contributed by atoms with E-state index in [1.165, 1.54) is 385 Å². The summed E-state index contributed by atoms with van der Waals surface area (Å²) in [6.45, 7) is 4.98. The third kappa shape index (κ3) is 78.8. The molecule has 0 bridgehead atoms. The Bertz CT molecular complexity index is 1570. The van der Waals surface area contributed by atoms with E-state index in [1.54, 1.807) is 0 Å². The molecule has 94 heavy (non-hydrogen) atoms. The van der Waals surface area contributed by atoms with Crippen LogP contribution in [0.5, 0.6) is 0 Å². The zero-order chi connectivity index (χ0) is 67.7. The number of carbonyl (C=O) groups excluding carboxylic acids is 2. The maximum atomic E-state index is 12.6. The van der Waals surface area contributed by atoms with E-state index < -0.39 is 12.1 Å². The van der Waals surface area contributed by atoms with E-state index in [9.17, 15) is 19.8 Å². The van der Waals surface area contributed by atoms with Gasteiger partial charge in [-0.15, -0.1) is 0 Å². The first-order valence-electron chi connectivity index (χ1n) is 42.9. The highest BCUT2D eigenvalue weighted by molar-refractivity contribution is 5.76. The van der Waals surface area contributed by atoms with Crippen LogP contribution in [0.3, 0.4) is 0 Å². The van der Waals surface area contributed by atoms with Crippen molar-refractivity contribution in [2.24, 2.45) is 0 Å². The Morgan fingerprint density at radius 2 is 0.532 bits per heavy atom. The molecule has 0 fully saturated rings. The average molecular weight is 1320 g/mol. The van der Waals surface area contributed by atoms with Crippen LogP contribution in [0.1, 0.15) is 476 Å². The highest BCUT2D eigenvalue weighted by atomic mass is 16.5. The predicted octanol–water partition coefficient (Wildman–Crippen LogP) is 28.7. The number of aliphatic hydroxyl groups is 2. The number of unbranched alkanes of at least 4 members (excludes halogenated alkanes) is 62. The van der Waals surface area contributed by atoms with Crippen molar-refractivity contribution in [2.75, 3.05) is 13.2 Å². The zero-order valence-corrected chi connectivity index (χ0v) is 63.7. The summed E-state index contributed by atoms with van der Waals surface area (Å²) in [7, 11) is 0. The van der Waals surface area contributed by atoms with Gasteiger partial charge in [-0.1, -0.05) is 422 Å². The summed E-state index contributed by atoms with van der Waals surface area (Å²) in [4.78, 5) is 24.7. The molecule has 0 aromatic heterocycles. The fraction of sp³-hybridized carbons (Fsp3) is 0.886. The molecule has 554 valence electrons. The molecule has 0 aromatic rings. The Morgan fingerprint density at radius 3 is 0.830 bits per heavy atom. The number of esters is 1. The molecule has 6 heteroatoms. The Labute approximate surface area is 588 Å². The van der Waals surface area contributed by atoms with Crippen LogP contribution in [0.4, 0.5) is 0 Å². The van der Waals surface area contributed by atoms with Crippen LogP contribution in [0.15, 0.2) is 48.6 Å². The largest absolute Gasteiger partial charge is 0.466 e. The van der Waals surface area contributed by atoms with Gasteiger partial charge in [0.05, 0.1) is 25.4 Å². The first-order chi connectivity index (χ1) is 46.5. The van der Waals surface area contributed by atoms with Crippen molar-refractivity contribution in [3.63, 3.8) is 0 Å². The number of amides is 1. The second kappa shape index (κ2) is 83.2. The fourth-order valence-electron chi connectivity index (χ4n) is 13.6. The molecule has 0 saturated carbocycles. The van der Waals surface area contributed by atoms with Crippen LogP contribution in [-0.4, -0.2) is 47.4 Å². The minimum absolute atomic E-state index is 0.0172. The minimum Gasteiger partial charge on any atom is -0.466 e. The maximum Gasteiger partial charge on any atom is 0.305 e. The van der Waals surface area contributed by atoms with Gasteiger partial charge in [-0.3, -0.25) is 9.59 Å². The number of hydrogen-bond acceptors (Lipinski definition) is 5. The second-order valence-corrected chi connectivity index (χ2v) is 29.5. The molecule has 0 aromatic carbocycles. The molecule has 1 amide bonds. The number of rotatable bonds is 81. The van der Waals surface area contributed by atoms with Crippen molar-refractivity contribution < 1.29 is 24.5 Å². The summed E-state index contributed by atoms with van der Waals surface area (Å²) in [6.07, 6.45) is 111. The van der Waals surface area contributed by atoms with Crippen LogP contribution in [-0.2, 0) is 14.3 Å². The Morgan fingerprint density at radius 1 is 0.298 bits per heavy atom. The SMILES string of the molecule is CCCCC/C=C\C/C=C\CCCCCCCCCCCC(=O)OCCCCCCCCCCCCCCCCC/C=C\C/C=C\CCCCCCCCCCCCCCCCCCCC(=O)NC(CO)C(O)CCCCCCCCCCCCCCCCCCCCC. The number of allylic oxidation sites excluding steroid dienone is 8. The number of carbonyl (C=O) groups is 2. The Kier molecular flexibility index (Phi) is 81.3. The van der Waals surface area contributed by atoms with Gasteiger partial charge in [0, 0.05) is 12.8 Å². The topological polar surface area (TPSA) is 95.9 Å². The molecule has 0 rings (SSSR count). The van der Waals surface area contributed by atoms with E-state index in [-0.39, 0.29) is 18.5 Å². The normalized spacial score (nSPS) is 12.7. The van der Waals surface area contributed by atoms with Gasteiger partial charge in [0.15, 0.2) is 0 Å². The van der Waals surface area contributed by atoms with Crippen LogP contribution in [0.25, 0.3) is 0 Å². The third-order valence-corrected chi connectivity index (χ3v) is 20.1. The summed E-state index contributed by atoms with van der Waals surface area (Å²) >= 11 is 0. The molecule has 0 aliphatic carbocycles. The summed E-state index contributed by atoms with van der Waals surface area (Å²) in [5, 5.41) is 23.4. The first kappa shape index (κ1) is 91.8. The summed E-state index contributed by atoms with van der Waals surface area (Å²) in [5.41, 5.74) is 0. The number of nitrogens with one attached hydrogen (secondary N) is 1. The number of hydrogen-bond donors (Lipinski definition) is 3. The smallest absolute Gasteiger partial charge is 0.305 e. The van der Waals surface area contributed by atoms with E-state index in [2.05, 4.69) is 67.8 Å². The zero-order valence-electron chi connectivity index (χ0n) is 63.7. The van der Waals surface area contributed by atoms with Gasteiger partial charge in [0.25, 0.3) is 0 Å². The summed E-state index contributed by atoms with van der Waals surface area (Å²) in [5.74, 6) is -0.0100. The second-order valence-electron chi connectivity index (χ2n) is 29.5. The molecule has 0 heterocycles. The Balaban J connectivity index is 3.35. The Hall–Kier alpha value is -2.18. The van der Waals surface area contributed by atoms with E-state index in [4.69, 9.17) is 4.74 Å². The summed E-state index contributed by atoms with van der Waals surface area (Å²) in [6, 6.07) is -0.540. The van der Waals surface area contributed by atoms with E-state index in [1.807, 2.05) is 0 Å². The third-order valence-electron chi connectivity index (χ3n) is 20.1. The lowest BCUT2D eigenvalue weighted by atomic mass is 10.0. The average Bonchev–Trinajstić information content (AvgIpc) is 3.79. The van der Waals surface area contributed by atoms with Crippen molar-refractivity contribution in [3.05, 3.63) is 48.6 Å². The molecular weight excluding hydrogens is 1150 g/mol. The summed E-state index contributed by atoms with van der Waals surface area (Å²) < 4.78 is 5.52. The van der Waals surface area contributed by atoms with Crippen LogP contribution in [0.2, 0.25) is 0 Å². The van der Waals surface area contributed by atoms with Crippen molar-refractivity contribution in [1.82, 2.24) is 5.32 Å². The molecule has 0 saturated heterocycles. The number of aliphatic hydroxyl groups excluding tert-OH is 2. The van der Waals surface area contributed by atoms with Crippen LogP contribution >= 0.6 is 0 Å². The highest BCUT2D eigenvalue weighted by Gasteiger charge is 2.20. The maximum absolute atomic E-state index is 12.6. The monoisotopic (exact) mass is 1320 g/mol. The van der Waals surface area contributed by atoms with Gasteiger partial charge < -0.3 is 20.3 Å². The molecule has 0 aliphatic rings. The van der Waals surface area contributed by atoms with Crippen LogP contribution < -0.4 is 5.32 Å². The van der Waals surface area contributed by atoms with Gasteiger partial charge in [-0.2, -0.15) is 0 Å². The first-order valence-corrected chi connectivity index (χ1v) is 42.9. The van der Waals surface area contributed by atoms with Gasteiger partial charge in [-0.25, -0.2) is 0 Å². The van der Waals surface area contributed by atoms with Gasteiger partial charge in [0.1, 0.15) is 0 Å². The van der Waals surface area contributed by atoms with E-state index >= 15 is 0 Å². The standard InChI is InChI=1S/C88H167NO5/c1-3-5-7-9-11-13-15-17-19-21-44-48-52-56-60-64-68-72-76-80-86(91)85(84-90)89-87(92)81-77-73-69-65-61-57-53-49-46-42-40-38-36-34-32-30-28-26-24-23-25-27-29-31-33-35-37-39-41-43-47-51-55-59-63-67-71-75-79-83-94-88(93)82-78-74-70-66-62-58-54-50-45-22-20-18-16-14-12-10-8-6-4-2/h12,14,18,20,23-24,27,29,85-86,90-91H,3-11,13,15-17,19,21-22,25-26,28,30-84H2,1-2H3,(H,89,92)/b14-12-,20-18-,24-23-,29-27-. The van der Waals surface area contributed by atoms with Gasteiger partial charge in [-0.05, 0) is 89.9 Å².